The number of ether oxygens (including phenoxy) is 1. The highest BCUT2D eigenvalue weighted by Crippen LogP contribution is 2.24. The molecule has 0 bridgehead atoms. The maximum atomic E-state index is 12.6. The molecule has 0 aromatic heterocycles. The third kappa shape index (κ3) is 5.27. The first-order valence-electron chi connectivity index (χ1n) is 7.75. The van der Waals surface area contributed by atoms with Gasteiger partial charge in [0.15, 0.2) is 5.11 Å². The normalized spacial score (nSPS) is 10.3. The van der Waals surface area contributed by atoms with Gasteiger partial charge in [0.1, 0.15) is 5.75 Å². The Labute approximate surface area is 165 Å². The van der Waals surface area contributed by atoms with Crippen LogP contribution in [0.2, 0.25) is 0 Å². The van der Waals surface area contributed by atoms with Gasteiger partial charge in [-0.2, -0.15) is 0 Å². The SMILES string of the molecule is CC(C)Oc1ccc(Br)cc1C(=O)NC(=S)Nc1ccccc1C(N)=O. The quantitative estimate of drug-likeness (QED) is 0.625. The van der Waals surface area contributed by atoms with Crippen LogP contribution in [0.5, 0.6) is 5.75 Å². The average Bonchev–Trinajstić information content (AvgIpc) is 2.56. The fourth-order valence-corrected chi connectivity index (χ4v) is 2.73. The van der Waals surface area contributed by atoms with Crippen molar-refractivity contribution in [3.63, 3.8) is 0 Å². The summed E-state index contributed by atoms with van der Waals surface area (Å²) in [6.07, 6.45) is -0.0877. The number of halogens is 1. The van der Waals surface area contributed by atoms with Gasteiger partial charge in [-0.05, 0) is 56.4 Å². The number of hydrogen-bond donors (Lipinski definition) is 3. The molecule has 0 aliphatic rings. The number of carbonyl (C=O) groups is 2. The number of anilines is 1. The van der Waals surface area contributed by atoms with E-state index in [9.17, 15) is 9.59 Å². The van der Waals surface area contributed by atoms with E-state index in [1.807, 2.05) is 13.8 Å². The lowest BCUT2D eigenvalue weighted by Gasteiger charge is -2.16. The molecule has 136 valence electrons. The van der Waals surface area contributed by atoms with Gasteiger partial charge in [0.05, 0.1) is 22.9 Å². The standard InChI is InChI=1S/C18H18BrN3O3S/c1-10(2)25-15-8-7-11(19)9-13(15)17(24)22-18(26)21-14-6-4-3-5-12(14)16(20)23/h3-10H,1-2H3,(H2,20,23)(H2,21,22,24,26). The number of nitrogens with two attached hydrogens (primary N) is 1. The lowest BCUT2D eigenvalue weighted by atomic mass is 10.1. The van der Waals surface area contributed by atoms with Gasteiger partial charge < -0.3 is 15.8 Å². The van der Waals surface area contributed by atoms with Crippen LogP contribution >= 0.6 is 28.1 Å². The Balaban J connectivity index is 2.17. The number of nitrogens with one attached hydrogen (secondary N) is 2. The van der Waals surface area contributed by atoms with Crippen LogP contribution in [0, 0.1) is 0 Å². The molecular weight excluding hydrogens is 418 g/mol. The molecule has 2 aromatic carbocycles. The number of benzene rings is 2. The van der Waals surface area contributed by atoms with Gasteiger partial charge in [-0.15, -0.1) is 0 Å². The molecule has 8 heteroatoms. The topological polar surface area (TPSA) is 93.4 Å². The highest BCUT2D eigenvalue weighted by molar-refractivity contribution is 9.10. The number of carbonyl (C=O) groups excluding carboxylic acids is 2. The van der Waals surface area contributed by atoms with Crippen LogP contribution in [0.25, 0.3) is 0 Å². The van der Waals surface area contributed by atoms with Crippen molar-refractivity contribution in [2.45, 2.75) is 20.0 Å². The number of primary amides is 1. The zero-order valence-corrected chi connectivity index (χ0v) is 16.6. The Morgan fingerprint density at radius 2 is 1.85 bits per heavy atom. The first kappa shape index (κ1) is 19.9. The van der Waals surface area contributed by atoms with Gasteiger partial charge in [0.25, 0.3) is 11.8 Å². The van der Waals surface area contributed by atoms with Crippen LogP contribution in [-0.4, -0.2) is 23.0 Å². The van der Waals surface area contributed by atoms with Crippen LogP contribution in [0.15, 0.2) is 46.9 Å². The van der Waals surface area contributed by atoms with E-state index < -0.39 is 11.8 Å². The van der Waals surface area contributed by atoms with Crippen molar-refractivity contribution in [3.05, 3.63) is 58.1 Å². The lowest BCUT2D eigenvalue weighted by molar-refractivity contribution is 0.0970. The number of thiocarbonyl (C=S) groups is 1. The first-order valence-corrected chi connectivity index (χ1v) is 8.95. The third-order valence-electron chi connectivity index (χ3n) is 3.22. The number of rotatable bonds is 5. The Kier molecular flexibility index (Phi) is 6.70. The van der Waals surface area contributed by atoms with E-state index in [2.05, 4.69) is 26.6 Å². The molecule has 6 nitrogen and oxygen atoms in total. The molecule has 0 unspecified atom stereocenters. The monoisotopic (exact) mass is 435 g/mol. The van der Waals surface area contributed by atoms with Crippen LogP contribution in [-0.2, 0) is 0 Å². The number of hydrogen-bond acceptors (Lipinski definition) is 4. The maximum absolute atomic E-state index is 12.6. The zero-order chi connectivity index (χ0) is 19.3. The van der Waals surface area contributed by atoms with Gasteiger partial charge in [0.2, 0.25) is 0 Å². The highest BCUT2D eigenvalue weighted by atomic mass is 79.9. The van der Waals surface area contributed by atoms with Crippen molar-refractivity contribution in [2.24, 2.45) is 5.73 Å². The summed E-state index contributed by atoms with van der Waals surface area (Å²) in [6, 6.07) is 11.8. The van der Waals surface area contributed by atoms with Gasteiger partial charge in [0, 0.05) is 4.47 Å². The highest BCUT2D eigenvalue weighted by Gasteiger charge is 2.16. The zero-order valence-electron chi connectivity index (χ0n) is 14.2. The lowest BCUT2D eigenvalue weighted by Crippen LogP contribution is -2.35. The third-order valence-corrected chi connectivity index (χ3v) is 3.91. The summed E-state index contributed by atoms with van der Waals surface area (Å²) in [7, 11) is 0. The minimum Gasteiger partial charge on any atom is -0.490 e. The molecule has 0 saturated carbocycles. The van der Waals surface area contributed by atoms with E-state index >= 15 is 0 Å². The van der Waals surface area contributed by atoms with E-state index in [4.69, 9.17) is 22.7 Å². The van der Waals surface area contributed by atoms with Gasteiger partial charge in [-0.1, -0.05) is 28.1 Å². The fraction of sp³-hybridized carbons (Fsp3) is 0.167. The van der Waals surface area contributed by atoms with E-state index in [0.29, 0.717) is 17.0 Å². The van der Waals surface area contributed by atoms with E-state index in [1.165, 1.54) is 0 Å². The molecule has 0 radical (unpaired) electrons. The molecule has 4 N–H and O–H groups in total. The summed E-state index contributed by atoms with van der Waals surface area (Å²) < 4.78 is 6.40. The van der Waals surface area contributed by atoms with E-state index in [1.54, 1.807) is 42.5 Å². The second-order valence-electron chi connectivity index (χ2n) is 5.63. The average molecular weight is 436 g/mol. The molecular formula is C18H18BrN3O3S. The Bertz CT molecular complexity index is 855. The predicted molar refractivity (Wildman–Crippen MR) is 109 cm³/mol. The van der Waals surface area contributed by atoms with E-state index in [0.717, 1.165) is 4.47 Å². The van der Waals surface area contributed by atoms with Crippen molar-refractivity contribution in [2.75, 3.05) is 5.32 Å². The summed E-state index contributed by atoms with van der Waals surface area (Å²) >= 11 is 8.52. The largest absolute Gasteiger partial charge is 0.490 e. The molecule has 2 aromatic rings. The first-order chi connectivity index (χ1) is 12.3. The molecule has 2 rings (SSSR count). The molecule has 0 aliphatic carbocycles. The Morgan fingerprint density at radius 1 is 1.15 bits per heavy atom. The Morgan fingerprint density at radius 3 is 2.50 bits per heavy atom. The van der Waals surface area contributed by atoms with Crippen molar-refractivity contribution >= 4 is 50.8 Å². The number of amides is 2. The predicted octanol–water partition coefficient (Wildman–Crippen LogP) is 3.46. The Hall–Kier alpha value is -2.45. The second kappa shape index (κ2) is 8.77. The summed E-state index contributed by atoms with van der Waals surface area (Å²) in [4.78, 5) is 24.0. The van der Waals surface area contributed by atoms with Crippen LogP contribution in [0.4, 0.5) is 5.69 Å². The fourth-order valence-electron chi connectivity index (χ4n) is 2.17. The molecule has 2 amide bonds. The second-order valence-corrected chi connectivity index (χ2v) is 6.95. The van der Waals surface area contributed by atoms with Crippen molar-refractivity contribution < 1.29 is 14.3 Å². The van der Waals surface area contributed by atoms with Crippen LogP contribution in [0.1, 0.15) is 34.6 Å². The number of para-hydroxylation sites is 1. The summed E-state index contributed by atoms with van der Waals surface area (Å²) in [5, 5.41) is 5.43. The van der Waals surface area contributed by atoms with Crippen LogP contribution < -0.4 is 21.1 Å². The smallest absolute Gasteiger partial charge is 0.261 e. The summed E-state index contributed by atoms with van der Waals surface area (Å²) in [5.41, 5.74) is 6.36. The van der Waals surface area contributed by atoms with Crippen LogP contribution in [0.3, 0.4) is 0 Å². The van der Waals surface area contributed by atoms with E-state index in [-0.39, 0.29) is 16.8 Å². The molecule has 0 fully saturated rings. The maximum Gasteiger partial charge on any atom is 0.261 e. The molecule has 0 aliphatic heterocycles. The minimum atomic E-state index is -0.596. The van der Waals surface area contributed by atoms with Crippen molar-refractivity contribution in [1.29, 1.82) is 0 Å². The molecule has 0 heterocycles. The molecule has 26 heavy (non-hydrogen) atoms. The molecule has 0 spiro atoms. The van der Waals surface area contributed by atoms with Gasteiger partial charge in [-0.25, -0.2) is 0 Å². The van der Waals surface area contributed by atoms with Gasteiger partial charge in [-0.3, -0.25) is 14.9 Å². The molecule has 0 atom stereocenters. The summed E-state index contributed by atoms with van der Waals surface area (Å²) in [6.45, 7) is 3.74. The van der Waals surface area contributed by atoms with Gasteiger partial charge >= 0.3 is 0 Å². The molecule has 0 saturated heterocycles. The van der Waals surface area contributed by atoms with Crippen molar-refractivity contribution in [1.82, 2.24) is 5.32 Å². The summed E-state index contributed by atoms with van der Waals surface area (Å²) in [5.74, 6) is -0.584. The van der Waals surface area contributed by atoms with Crippen molar-refractivity contribution in [3.8, 4) is 5.75 Å². The minimum absolute atomic E-state index is 0.0409.